The molecule has 1 aromatic carbocycles. The van der Waals surface area contributed by atoms with Crippen LogP contribution < -0.4 is 0 Å². The summed E-state index contributed by atoms with van der Waals surface area (Å²) < 4.78 is 0. The molecule has 1 spiro atoms. The van der Waals surface area contributed by atoms with Crippen LogP contribution in [0.4, 0.5) is 0 Å². The minimum atomic E-state index is 0.420. The lowest BCUT2D eigenvalue weighted by Crippen LogP contribution is -2.29. The van der Waals surface area contributed by atoms with E-state index in [0.717, 1.165) is 0 Å². The van der Waals surface area contributed by atoms with E-state index in [2.05, 4.69) is 36.5 Å². The summed E-state index contributed by atoms with van der Waals surface area (Å²) in [4.78, 5) is 4.85. The Morgan fingerprint density at radius 3 is 2.35 bits per heavy atom. The minimum Gasteiger partial charge on any atom is -0.289 e. The molecule has 1 nitrogen and oxygen atoms in total. The van der Waals surface area contributed by atoms with Crippen molar-refractivity contribution in [2.24, 2.45) is 10.4 Å². The molecule has 0 aromatic heterocycles. The van der Waals surface area contributed by atoms with Crippen LogP contribution in [0.2, 0.25) is 0 Å². The van der Waals surface area contributed by atoms with Crippen molar-refractivity contribution in [3.05, 3.63) is 35.9 Å². The van der Waals surface area contributed by atoms with E-state index < -0.39 is 0 Å². The lowest BCUT2D eigenvalue weighted by atomic mass is 9.70. The SMILES string of the molecule is C1=N[C@@H](c2ccccc2)CCC12CCCCC2. The number of rotatable bonds is 1. The average Bonchev–Trinajstić information content (AvgIpc) is 2.42. The van der Waals surface area contributed by atoms with Crippen LogP contribution in [0.15, 0.2) is 35.3 Å². The van der Waals surface area contributed by atoms with Gasteiger partial charge in [0.05, 0.1) is 6.04 Å². The molecule has 1 heteroatoms. The van der Waals surface area contributed by atoms with Crippen LogP contribution in [0.25, 0.3) is 0 Å². The molecule has 0 unspecified atom stereocenters. The van der Waals surface area contributed by atoms with E-state index >= 15 is 0 Å². The highest BCUT2D eigenvalue weighted by molar-refractivity contribution is 5.67. The highest BCUT2D eigenvalue weighted by atomic mass is 14.8. The molecule has 0 amide bonds. The van der Waals surface area contributed by atoms with Gasteiger partial charge in [-0.15, -0.1) is 0 Å². The van der Waals surface area contributed by atoms with Gasteiger partial charge in [-0.2, -0.15) is 0 Å². The lowest BCUT2D eigenvalue weighted by molar-refractivity contribution is 0.247. The van der Waals surface area contributed by atoms with Gasteiger partial charge in [-0.25, -0.2) is 0 Å². The first kappa shape index (κ1) is 11.0. The molecule has 17 heavy (non-hydrogen) atoms. The number of benzene rings is 1. The van der Waals surface area contributed by atoms with Gasteiger partial charge < -0.3 is 0 Å². The molecular weight excluding hydrogens is 206 g/mol. The van der Waals surface area contributed by atoms with E-state index in [0.29, 0.717) is 11.5 Å². The molecular formula is C16H21N. The molecule has 1 heterocycles. The molecule has 1 aliphatic carbocycles. The van der Waals surface area contributed by atoms with Crippen LogP contribution in [-0.4, -0.2) is 6.21 Å². The van der Waals surface area contributed by atoms with Crippen molar-refractivity contribution in [3.63, 3.8) is 0 Å². The van der Waals surface area contributed by atoms with Gasteiger partial charge in [-0.3, -0.25) is 4.99 Å². The average molecular weight is 227 g/mol. The fraction of sp³-hybridized carbons (Fsp3) is 0.562. The lowest BCUT2D eigenvalue weighted by Gasteiger charge is -2.38. The van der Waals surface area contributed by atoms with Crippen molar-refractivity contribution in [2.75, 3.05) is 0 Å². The zero-order valence-corrected chi connectivity index (χ0v) is 10.4. The van der Waals surface area contributed by atoms with Crippen LogP contribution in [0, 0.1) is 5.41 Å². The highest BCUT2D eigenvalue weighted by Crippen LogP contribution is 2.44. The summed E-state index contributed by atoms with van der Waals surface area (Å²) in [6.45, 7) is 0. The Kier molecular flexibility index (Phi) is 3.00. The molecule has 1 atom stereocenters. The van der Waals surface area contributed by atoms with Gasteiger partial charge in [0.15, 0.2) is 0 Å². The van der Waals surface area contributed by atoms with Crippen LogP contribution in [0.5, 0.6) is 0 Å². The third kappa shape index (κ3) is 2.29. The first-order chi connectivity index (χ1) is 8.38. The fourth-order valence-electron chi connectivity index (χ4n) is 3.37. The second kappa shape index (κ2) is 4.64. The maximum absolute atomic E-state index is 4.85. The Morgan fingerprint density at radius 2 is 1.71 bits per heavy atom. The molecule has 2 aliphatic rings. The summed E-state index contributed by atoms with van der Waals surface area (Å²) in [5.41, 5.74) is 1.86. The molecule has 0 saturated heterocycles. The van der Waals surface area contributed by atoms with Crippen molar-refractivity contribution in [1.82, 2.24) is 0 Å². The third-order valence-corrected chi connectivity index (χ3v) is 4.48. The van der Waals surface area contributed by atoms with E-state index in [1.54, 1.807) is 0 Å². The number of hydrogen-bond donors (Lipinski definition) is 0. The largest absolute Gasteiger partial charge is 0.289 e. The van der Waals surface area contributed by atoms with Crippen molar-refractivity contribution in [1.29, 1.82) is 0 Å². The Labute approximate surface area is 104 Å². The molecule has 90 valence electrons. The number of aliphatic imine (C=N–C) groups is 1. The van der Waals surface area contributed by atoms with Gasteiger partial charge in [0.1, 0.15) is 0 Å². The van der Waals surface area contributed by atoms with Gasteiger partial charge in [0.25, 0.3) is 0 Å². The molecule has 1 aromatic rings. The van der Waals surface area contributed by atoms with Crippen molar-refractivity contribution in [3.8, 4) is 0 Å². The second-order valence-corrected chi connectivity index (χ2v) is 5.67. The standard InChI is InChI=1S/C16H21N/c1-3-7-14(8-4-1)15-9-12-16(13-17-15)10-5-2-6-11-16/h1,3-4,7-8,13,15H,2,5-6,9-12H2/t15-/m1/s1. The first-order valence-electron chi connectivity index (χ1n) is 6.97. The predicted octanol–water partition coefficient (Wildman–Crippen LogP) is 4.54. The van der Waals surface area contributed by atoms with Crippen LogP contribution in [0.1, 0.15) is 56.6 Å². The monoisotopic (exact) mass is 227 g/mol. The zero-order chi connectivity index (χ0) is 11.6. The zero-order valence-electron chi connectivity index (χ0n) is 10.4. The summed E-state index contributed by atoms with van der Waals surface area (Å²) in [6, 6.07) is 11.2. The second-order valence-electron chi connectivity index (χ2n) is 5.67. The molecule has 1 fully saturated rings. The van der Waals surface area contributed by atoms with Gasteiger partial charge in [0.2, 0.25) is 0 Å². The summed E-state index contributed by atoms with van der Waals surface area (Å²) in [7, 11) is 0. The van der Waals surface area contributed by atoms with Gasteiger partial charge >= 0.3 is 0 Å². The topological polar surface area (TPSA) is 12.4 Å². The fourth-order valence-corrected chi connectivity index (χ4v) is 3.37. The van der Waals surface area contributed by atoms with E-state index in [1.807, 2.05) is 0 Å². The van der Waals surface area contributed by atoms with Crippen LogP contribution >= 0.6 is 0 Å². The first-order valence-corrected chi connectivity index (χ1v) is 6.97. The third-order valence-electron chi connectivity index (χ3n) is 4.48. The molecule has 0 bridgehead atoms. The van der Waals surface area contributed by atoms with Crippen molar-refractivity contribution < 1.29 is 0 Å². The van der Waals surface area contributed by atoms with Gasteiger partial charge in [-0.1, -0.05) is 49.6 Å². The minimum absolute atomic E-state index is 0.420. The highest BCUT2D eigenvalue weighted by Gasteiger charge is 2.33. The molecule has 3 rings (SSSR count). The Balaban J connectivity index is 1.75. The van der Waals surface area contributed by atoms with E-state index in [9.17, 15) is 0 Å². The van der Waals surface area contributed by atoms with Crippen LogP contribution in [0.3, 0.4) is 0 Å². The summed E-state index contributed by atoms with van der Waals surface area (Å²) in [5.74, 6) is 0. The quantitative estimate of drug-likeness (QED) is 0.667. The van der Waals surface area contributed by atoms with E-state index in [4.69, 9.17) is 4.99 Å². The number of nitrogens with zero attached hydrogens (tertiary/aromatic N) is 1. The predicted molar refractivity (Wildman–Crippen MR) is 72.4 cm³/mol. The molecule has 1 saturated carbocycles. The van der Waals surface area contributed by atoms with Crippen molar-refractivity contribution in [2.45, 2.75) is 51.0 Å². The molecule has 1 aliphatic heterocycles. The van der Waals surface area contributed by atoms with Crippen molar-refractivity contribution >= 4 is 6.21 Å². The smallest absolute Gasteiger partial charge is 0.0745 e. The Morgan fingerprint density at radius 1 is 0.941 bits per heavy atom. The maximum Gasteiger partial charge on any atom is 0.0745 e. The Bertz CT molecular complexity index is 387. The normalized spacial score (nSPS) is 27.2. The summed E-state index contributed by atoms with van der Waals surface area (Å²) in [6.07, 6.45) is 11.9. The van der Waals surface area contributed by atoms with Gasteiger partial charge in [0, 0.05) is 11.6 Å². The van der Waals surface area contributed by atoms with E-state index in [-0.39, 0.29) is 0 Å². The number of hydrogen-bond acceptors (Lipinski definition) is 1. The maximum atomic E-state index is 4.85. The molecule has 0 radical (unpaired) electrons. The Hall–Kier alpha value is -1.11. The summed E-state index contributed by atoms with van der Waals surface area (Å²) in [5, 5.41) is 0. The molecule has 0 N–H and O–H groups in total. The van der Waals surface area contributed by atoms with E-state index in [1.165, 1.54) is 50.5 Å². The summed E-state index contributed by atoms with van der Waals surface area (Å²) >= 11 is 0. The van der Waals surface area contributed by atoms with Gasteiger partial charge in [-0.05, 0) is 31.2 Å². The van der Waals surface area contributed by atoms with Crippen LogP contribution in [-0.2, 0) is 0 Å².